The molecule has 2 radical (unpaired) electrons. The summed E-state index contributed by atoms with van der Waals surface area (Å²) in [6.07, 6.45) is 0. The Balaban J connectivity index is -0.0000000625. The van der Waals surface area contributed by atoms with Crippen LogP contribution in [0.15, 0.2) is 0 Å². The van der Waals surface area contributed by atoms with Gasteiger partial charge in [-0.2, -0.15) is 0 Å². The first-order valence-corrected chi connectivity index (χ1v) is 5.31. The molecule has 0 aliphatic carbocycles. The van der Waals surface area contributed by atoms with Gasteiger partial charge in [-0.1, -0.05) is 0 Å². The average Bonchev–Trinajstić information content (AvgIpc) is 2.16. The molecule has 14 heavy (non-hydrogen) atoms. The second-order valence-electron chi connectivity index (χ2n) is 1.32. The van der Waals surface area contributed by atoms with Crippen LogP contribution in [0, 0.1) is 0 Å². The van der Waals surface area contributed by atoms with E-state index in [1.54, 1.807) is 0 Å². The molecule has 0 amide bonds. The normalized spacial score (nSPS) is 8.57. The van der Waals surface area contributed by atoms with Crippen LogP contribution in [0.25, 0.3) is 0 Å². The molecule has 0 aromatic rings. The second kappa shape index (κ2) is 20.6. The summed E-state index contributed by atoms with van der Waals surface area (Å²) in [4.78, 5) is 19.8. The maximum absolute atomic E-state index is 9.92. The molecule has 0 bridgehead atoms. The van der Waals surface area contributed by atoms with Gasteiger partial charge in [0.1, 0.15) is 0 Å². The van der Waals surface area contributed by atoms with Crippen molar-refractivity contribution in [3.8, 4) is 0 Å². The van der Waals surface area contributed by atoms with Crippen LogP contribution >= 0.6 is 0 Å². The van der Waals surface area contributed by atoms with Crippen molar-refractivity contribution in [3.63, 3.8) is 0 Å². The first-order valence-electron chi connectivity index (χ1n) is 2.86. The number of rotatable bonds is 4. The zero-order chi connectivity index (χ0) is 9.98. The van der Waals surface area contributed by atoms with Crippen molar-refractivity contribution in [1.29, 1.82) is 0 Å². The molecular formula is C4H12Na2O6Si2. The summed E-state index contributed by atoms with van der Waals surface area (Å²) in [7, 11) is 1.12. The van der Waals surface area contributed by atoms with Gasteiger partial charge in [-0.15, -0.1) is 0 Å². The topological polar surface area (TPSA) is 83.0 Å². The van der Waals surface area contributed by atoms with Crippen LogP contribution in [-0.4, -0.2) is 47.5 Å². The summed E-state index contributed by atoms with van der Waals surface area (Å²) < 4.78 is 16.9. The smallest absolute Gasteiger partial charge is 0.817 e. The third-order valence-corrected chi connectivity index (χ3v) is 2.00. The van der Waals surface area contributed by atoms with Gasteiger partial charge < -0.3 is 27.3 Å². The van der Waals surface area contributed by atoms with Gasteiger partial charge in [-0.25, -0.2) is 0 Å². The largest absolute Gasteiger partial charge is 1.00 e. The Labute approximate surface area is 132 Å². The van der Waals surface area contributed by atoms with E-state index in [2.05, 4.69) is 17.7 Å². The summed E-state index contributed by atoms with van der Waals surface area (Å²) in [5.41, 5.74) is 0. The summed E-state index contributed by atoms with van der Waals surface area (Å²) in [5.74, 6) is 0. The van der Waals surface area contributed by atoms with Crippen LogP contribution in [0.4, 0.5) is 0 Å². The minimum atomic E-state index is -2.12. The molecule has 0 saturated carbocycles. The molecule has 0 N–H and O–H groups in total. The van der Waals surface area contributed by atoms with Crippen LogP contribution in [0.3, 0.4) is 0 Å². The van der Waals surface area contributed by atoms with Crippen LogP contribution < -0.4 is 68.7 Å². The molecule has 0 unspecified atom stereocenters. The molecule has 0 aliphatic rings. The predicted molar refractivity (Wildman–Crippen MR) is 39.5 cm³/mol. The Bertz CT molecular complexity index is 74.2. The Morgan fingerprint density at radius 1 is 0.643 bits per heavy atom. The van der Waals surface area contributed by atoms with E-state index in [1.807, 2.05) is 0 Å². The van der Waals surface area contributed by atoms with Crippen molar-refractivity contribution in [1.82, 2.24) is 0 Å². The monoisotopic (exact) mass is 258 g/mol. The average molecular weight is 258 g/mol. The molecule has 0 aromatic heterocycles. The molecule has 74 valence electrons. The second-order valence-corrected chi connectivity index (χ2v) is 3.95. The Morgan fingerprint density at radius 2 is 0.786 bits per heavy atom. The van der Waals surface area contributed by atoms with Crippen molar-refractivity contribution in [2.75, 3.05) is 28.4 Å². The van der Waals surface area contributed by atoms with Crippen molar-refractivity contribution in [2.24, 2.45) is 0 Å². The summed E-state index contributed by atoms with van der Waals surface area (Å²) >= 11 is 0. The quantitative estimate of drug-likeness (QED) is 0.466. The minimum absolute atomic E-state index is 0. The first-order chi connectivity index (χ1) is 5.62. The van der Waals surface area contributed by atoms with E-state index >= 15 is 0 Å². The minimum Gasteiger partial charge on any atom is -0.817 e. The summed E-state index contributed by atoms with van der Waals surface area (Å²) in [6, 6.07) is 0. The van der Waals surface area contributed by atoms with Crippen molar-refractivity contribution in [2.45, 2.75) is 0 Å². The van der Waals surface area contributed by atoms with Gasteiger partial charge in [-0.3, -0.25) is 0 Å². The van der Waals surface area contributed by atoms with E-state index < -0.39 is 19.1 Å². The summed E-state index contributed by atoms with van der Waals surface area (Å²) in [6.45, 7) is 0. The Kier molecular flexibility index (Phi) is 37.0. The standard InChI is InChI=1S/2C2H6O3Si.2Na/c2*1-4-6(3)5-2;;/h2*1-2H3;;/q2*-1;2*+1. The van der Waals surface area contributed by atoms with Gasteiger partial charge in [0, 0.05) is 28.4 Å². The van der Waals surface area contributed by atoms with Gasteiger partial charge in [-0.05, 0) is 0 Å². The van der Waals surface area contributed by atoms with Gasteiger partial charge in [0.25, 0.3) is 19.1 Å². The van der Waals surface area contributed by atoms with E-state index in [9.17, 15) is 9.59 Å². The fourth-order valence-corrected chi connectivity index (χ4v) is 0.500. The fraction of sp³-hybridized carbons (Fsp3) is 1.00. The van der Waals surface area contributed by atoms with E-state index in [-0.39, 0.29) is 59.1 Å². The SMILES string of the molecule is CO[Si]([O-])OC.CO[Si]([O-])OC.[Na+].[Na+]. The van der Waals surface area contributed by atoms with Gasteiger partial charge in [0.2, 0.25) is 0 Å². The molecule has 0 atom stereocenters. The van der Waals surface area contributed by atoms with Crippen LogP contribution in [0.2, 0.25) is 0 Å². The number of hydrogen-bond acceptors (Lipinski definition) is 6. The van der Waals surface area contributed by atoms with Crippen molar-refractivity contribution >= 4 is 19.1 Å². The van der Waals surface area contributed by atoms with E-state index in [4.69, 9.17) is 0 Å². The molecule has 0 aromatic carbocycles. The Morgan fingerprint density at radius 3 is 0.786 bits per heavy atom. The van der Waals surface area contributed by atoms with Crippen LogP contribution in [0.1, 0.15) is 0 Å². The molecular weight excluding hydrogens is 246 g/mol. The third-order valence-electron chi connectivity index (χ3n) is 0.667. The maximum atomic E-state index is 9.92. The third kappa shape index (κ3) is 23.8. The van der Waals surface area contributed by atoms with Gasteiger partial charge in [0.05, 0.1) is 0 Å². The zero-order valence-corrected chi connectivity index (χ0v) is 15.4. The molecule has 0 aliphatic heterocycles. The molecule has 0 saturated heterocycles. The molecule has 0 heterocycles. The van der Waals surface area contributed by atoms with E-state index in [1.165, 1.54) is 28.4 Å². The molecule has 10 heteroatoms. The Hall–Kier alpha value is 2.19. The number of hydrogen-bond donors (Lipinski definition) is 0. The zero-order valence-electron chi connectivity index (χ0n) is 9.45. The maximum Gasteiger partial charge on any atom is 1.00 e. The van der Waals surface area contributed by atoms with Gasteiger partial charge >= 0.3 is 59.1 Å². The van der Waals surface area contributed by atoms with Crippen molar-refractivity contribution in [3.05, 3.63) is 0 Å². The van der Waals surface area contributed by atoms with Crippen molar-refractivity contribution < 1.29 is 86.4 Å². The molecule has 0 rings (SSSR count). The first kappa shape index (κ1) is 25.1. The van der Waals surface area contributed by atoms with E-state index in [0.29, 0.717) is 0 Å². The molecule has 6 nitrogen and oxygen atoms in total. The predicted octanol–water partition coefficient (Wildman–Crippen LogP) is -8.74. The van der Waals surface area contributed by atoms with E-state index in [0.717, 1.165) is 0 Å². The van der Waals surface area contributed by atoms with Crippen LogP contribution in [0.5, 0.6) is 0 Å². The summed E-state index contributed by atoms with van der Waals surface area (Å²) in [5, 5.41) is 0. The molecule has 0 fully saturated rings. The van der Waals surface area contributed by atoms with Crippen LogP contribution in [-0.2, 0) is 17.7 Å². The van der Waals surface area contributed by atoms with Gasteiger partial charge in [0.15, 0.2) is 0 Å². The molecule has 0 spiro atoms. The fourth-order valence-electron chi connectivity index (χ4n) is 0.167.